The Morgan fingerprint density at radius 1 is 1.13 bits per heavy atom. The first-order chi connectivity index (χ1) is 11.1. The van der Waals surface area contributed by atoms with E-state index in [0.717, 1.165) is 12.8 Å². The molecule has 0 radical (unpaired) electrons. The molecule has 0 N–H and O–H groups in total. The lowest BCUT2D eigenvalue weighted by Crippen LogP contribution is -2.43. The minimum absolute atomic E-state index is 0.190. The van der Waals surface area contributed by atoms with Crippen LogP contribution in [0.4, 0.5) is 0 Å². The summed E-state index contributed by atoms with van der Waals surface area (Å²) < 4.78 is 0. The minimum Gasteiger partial charge on any atom is -0.299 e. The van der Waals surface area contributed by atoms with Gasteiger partial charge in [-0.15, -0.1) is 11.8 Å². The highest BCUT2D eigenvalue weighted by molar-refractivity contribution is 8.00. The first-order valence-corrected chi connectivity index (χ1v) is 9.90. The van der Waals surface area contributed by atoms with Gasteiger partial charge in [0.2, 0.25) is 0 Å². The van der Waals surface area contributed by atoms with Gasteiger partial charge < -0.3 is 0 Å². The molecule has 1 saturated carbocycles. The molecule has 1 aromatic rings. The maximum Gasteiger partial charge on any atom is 0.140 e. The van der Waals surface area contributed by atoms with Crippen LogP contribution in [0.1, 0.15) is 46.5 Å². The smallest absolute Gasteiger partial charge is 0.140 e. The van der Waals surface area contributed by atoms with E-state index in [1.54, 1.807) is 0 Å². The average molecular weight is 329 g/mol. The van der Waals surface area contributed by atoms with Gasteiger partial charge in [0, 0.05) is 22.0 Å². The second-order valence-corrected chi connectivity index (χ2v) is 8.70. The van der Waals surface area contributed by atoms with Crippen LogP contribution in [-0.2, 0) is 4.79 Å². The molecular weight excluding hydrogens is 300 g/mol. The molecule has 1 aromatic carbocycles. The van der Waals surface area contributed by atoms with Crippen molar-refractivity contribution in [3.05, 3.63) is 42.0 Å². The fourth-order valence-corrected chi connectivity index (χ4v) is 5.68. The van der Waals surface area contributed by atoms with Crippen LogP contribution in [-0.4, -0.2) is 11.0 Å². The molecule has 1 nitrogen and oxygen atoms in total. The Labute approximate surface area is 144 Å². The summed E-state index contributed by atoms with van der Waals surface area (Å²) in [6.45, 7) is 6.72. The molecule has 2 bridgehead atoms. The SMILES string of the molecule is CC(C)[C@@H]1CC/C2=C\CC[C@H](C)C(=O)[C@@H]1[C@@H]2Sc1ccccc1. The number of rotatable bonds is 3. The van der Waals surface area contributed by atoms with E-state index in [1.165, 1.54) is 23.3 Å². The van der Waals surface area contributed by atoms with Crippen molar-refractivity contribution in [1.82, 2.24) is 0 Å². The summed E-state index contributed by atoms with van der Waals surface area (Å²) >= 11 is 1.92. The van der Waals surface area contributed by atoms with E-state index in [2.05, 4.69) is 57.2 Å². The summed E-state index contributed by atoms with van der Waals surface area (Å²) in [5, 5.41) is 0.341. The molecule has 0 aliphatic heterocycles. The van der Waals surface area contributed by atoms with Crippen molar-refractivity contribution in [1.29, 1.82) is 0 Å². The first kappa shape index (κ1) is 16.8. The fourth-order valence-electron chi connectivity index (χ4n) is 4.22. The van der Waals surface area contributed by atoms with Crippen LogP contribution in [0.25, 0.3) is 0 Å². The molecule has 2 aliphatic rings. The summed E-state index contributed by atoms with van der Waals surface area (Å²) in [4.78, 5) is 14.5. The minimum atomic E-state index is 0.190. The molecule has 2 heteroatoms. The van der Waals surface area contributed by atoms with Crippen LogP contribution >= 0.6 is 11.8 Å². The molecule has 0 aromatic heterocycles. The molecule has 0 unspecified atom stereocenters. The van der Waals surface area contributed by atoms with E-state index in [0.29, 0.717) is 22.9 Å². The van der Waals surface area contributed by atoms with Gasteiger partial charge in [0.25, 0.3) is 0 Å². The van der Waals surface area contributed by atoms with Gasteiger partial charge in [0.05, 0.1) is 0 Å². The average Bonchev–Trinajstić information content (AvgIpc) is 2.55. The maximum absolute atomic E-state index is 13.2. The zero-order chi connectivity index (χ0) is 16.4. The topological polar surface area (TPSA) is 17.1 Å². The lowest BCUT2D eigenvalue weighted by atomic mass is 9.66. The molecule has 4 atom stereocenters. The number of fused-ring (bicyclic) bond motifs is 2. The normalized spacial score (nSPS) is 33.7. The van der Waals surface area contributed by atoms with Gasteiger partial charge in [0.15, 0.2) is 0 Å². The van der Waals surface area contributed by atoms with Gasteiger partial charge in [-0.05, 0) is 49.7 Å². The Hall–Kier alpha value is -1.02. The molecule has 0 heterocycles. The number of Topliss-reactive ketones (excluding diaryl/α,β-unsaturated/α-hetero) is 1. The number of hydrogen-bond donors (Lipinski definition) is 0. The molecule has 0 amide bonds. The summed E-state index contributed by atoms with van der Waals surface area (Å²) in [6, 6.07) is 10.6. The Kier molecular flexibility index (Phi) is 5.31. The summed E-state index contributed by atoms with van der Waals surface area (Å²) in [5.41, 5.74) is 1.53. The second kappa shape index (κ2) is 7.25. The third-order valence-corrected chi connectivity index (χ3v) is 7.00. The third kappa shape index (κ3) is 3.57. The quantitative estimate of drug-likeness (QED) is 0.657. The van der Waals surface area contributed by atoms with Crippen molar-refractivity contribution in [2.24, 2.45) is 23.7 Å². The molecule has 1 fully saturated rings. The van der Waals surface area contributed by atoms with Crippen LogP contribution in [0, 0.1) is 23.7 Å². The Morgan fingerprint density at radius 2 is 1.87 bits per heavy atom. The van der Waals surface area contributed by atoms with Crippen molar-refractivity contribution in [2.75, 3.05) is 0 Å². The highest BCUT2D eigenvalue weighted by Crippen LogP contribution is 2.48. The largest absolute Gasteiger partial charge is 0.299 e. The van der Waals surface area contributed by atoms with Crippen LogP contribution in [0.15, 0.2) is 46.9 Å². The molecule has 0 spiro atoms. The summed E-state index contributed by atoms with van der Waals surface area (Å²) in [5.74, 6) is 2.02. The molecule has 23 heavy (non-hydrogen) atoms. The molecule has 3 rings (SSSR count). The van der Waals surface area contributed by atoms with Gasteiger partial charge >= 0.3 is 0 Å². The van der Waals surface area contributed by atoms with Crippen molar-refractivity contribution < 1.29 is 4.79 Å². The predicted molar refractivity (Wildman–Crippen MR) is 98.6 cm³/mol. The number of hydrogen-bond acceptors (Lipinski definition) is 2. The van der Waals surface area contributed by atoms with Crippen molar-refractivity contribution in [3.63, 3.8) is 0 Å². The van der Waals surface area contributed by atoms with Gasteiger partial charge in [-0.3, -0.25) is 4.79 Å². The predicted octanol–water partition coefficient (Wildman–Crippen LogP) is 5.75. The lowest BCUT2D eigenvalue weighted by Gasteiger charge is -2.43. The van der Waals surface area contributed by atoms with E-state index in [9.17, 15) is 4.79 Å². The standard InChI is InChI=1S/C21H28OS/c1-14(2)18-13-12-16-9-7-8-15(3)20(22)19(18)21(16)23-17-10-5-4-6-11-17/h4-6,9-11,14-15,18-19,21H,7-8,12-13H2,1-3H3/b16-9+/t15-,18-,19+,21+/m0/s1. The van der Waals surface area contributed by atoms with Crippen LogP contribution in [0.2, 0.25) is 0 Å². The van der Waals surface area contributed by atoms with Gasteiger partial charge in [-0.25, -0.2) is 0 Å². The summed E-state index contributed by atoms with van der Waals surface area (Å²) in [6.07, 6.45) is 6.89. The van der Waals surface area contributed by atoms with Gasteiger partial charge in [0.1, 0.15) is 5.78 Å². The third-order valence-electron chi connectivity index (χ3n) is 5.60. The van der Waals surface area contributed by atoms with E-state index < -0.39 is 0 Å². The van der Waals surface area contributed by atoms with Gasteiger partial charge in [-0.1, -0.05) is 50.6 Å². The second-order valence-electron chi connectivity index (χ2n) is 7.48. The Morgan fingerprint density at radius 3 is 2.57 bits per heavy atom. The van der Waals surface area contributed by atoms with E-state index in [4.69, 9.17) is 0 Å². The Bertz CT molecular complexity index is 575. The number of ketones is 1. The fraction of sp³-hybridized carbons (Fsp3) is 0.571. The number of benzene rings is 1. The highest BCUT2D eigenvalue weighted by atomic mass is 32.2. The monoisotopic (exact) mass is 328 g/mol. The van der Waals surface area contributed by atoms with Crippen LogP contribution in [0.5, 0.6) is 0 Å². The lowest BCUT2D eigenvalue weighted by molar-refractivity contribution is -0.129. The van der Waals surface area contributed by atoms with E-state index >= 15 is 0 Å². The summed E-state index contributed by atoms with van der Waals surface area (Å²) in [7, 11) is 0. The number of allylic oxidation sites excluding steroid dienone is 1. The molecule has 0 saturated heterocycles. The maximum atomic E-state index is 13.2. The highest BCUT2D eigenvalue weighted by Gasteiger charge is 2.44. The van der Waals surface area contributed by atoms with E-state index in [1.807, 2.05) is 11.8 Å². The van der Waals surface area contributed by atoms with Crippen LogP contribution in [0.3, 0.4) is 0 Å². The van der Waals surface area contributed by atoms with Crippen LogP contribution < -0.4 is 0 Å². The number of carbonyl (C=O) groups excluding carboxylic acids is 1. The first-order valence-electron chi connectivity index (χ1n) is 9.02. The molecule has 2 aliphatic carbocycles. The van der Waals surface area contributed by atoms with Crippen molar-refractivity contribution in [2.45, 2.75) is 56.6 Å². The van der Waals surface area contributed by atoms with Crippen molar-refractivity contribution in [3.8, 4) is 0 Å². The number of carbonyl (C=O) groups is 1. The number of thioether (sulfide) groups is 1. The van der Waals surface area contributed by atoms with Crippen molar-refractivity contribution >= 4 is 17.5 Å². The molecule has 124 valence electrons. The molecular formula is C21H28OS. The zero-order valence-corrected chi connectivity index (χ0v) is 15.3. The Balaban J connectivity index is 1.97. The van der Waals surface area contributed by atoms with E-state index in [-0.39, 0.29) is 11.8 Å². The van der Waals surface area contributed by atoms with Gasteiger partial charge in [-0.2, -0.15) is 0 Å². The zero-order valence-electron chi connectivity index (χ0n) is 14.5.